The summed E-state index contributed by atoms with van der Waals surface area (Å²) in [5.41, 5.74) is 3.66. The van der Waals surface area contributed by atoms with E-state index in [2.05, 4.69) is 32.0 Å². The van der Waals surface area contributed by atoms with Gasteiger partial charge in [0.15, 0.2) is 0 Å². The smallest absolute Gasteiger partial charge is 0.0696 e. The van der Waals surface area contributed by atoms with Crippen molar-refractivity contribution in [2.24, 2.45) is 0 Å². The van der Waals surface area contributed by atoms with Crippen molar-refractivity contribution in [3.63, 3.8) is 0 Å². The minimum absolute atomic E-state index is 0.374. The summed E-state index contributed by atoms with van der Waals surface area (Å²) in [4.78, 5) is 0. The maximum Gasteiger partial charge on any atom is 0.0696 e. The van der Waals surface area contributed by atoms with Crippen LogP contribution in [-0.2, 0) is 0 Å². The minimum atomic E-state index is -0.374. The Balaban J connectivity index is 2.89. The summed E-state index contributed by atoms with van der Waals surface area (Å²) in [7, 11) is 0. The summed E-state index contributed by atoms with van der Waals surface area (Å²) in [6, 6.07) is 6.34. The van der Waals surface area contributed by atoms with E-state index in [1.165, 1.54) is 11.1 Å². The lowest BCUT2D eigenvalue weighted by Gasteiger charge is -2.00. The van der Waals surface area contributed by atoms with Crippen LogP contribution in [0.2, 0.25) is 0 Å². The first-order valence-corrected chi connectivity index (χ1v) is 4.52. The summed E-state index contributed by atoms with van der Waals surface area (Å²) >= 11 is 0. The lowest BCUT2D eigenvalue weighted by atomic mass is 10.1. The Hall–Kier alpha value is -1.08. The molecule has 1 nitrogen and oxygen atoms in total. The van der Waals surface area contributed by atoms with Crippen molar-refractivity contribution in [3.05, 3.63) is 41.0 Å². The van der Waals surface area contributed by atoms with E-state index in [1.54, 1.807) is 13.0 Å². The molecule has 1 rings (SSSR count). The average Bonchev–Trinajstić information content (AvgIpc) is 1.99. The molecule has 1 heteroatoms. The van der Waals surface area contributed by atoms with Gasteiger partial charge in [-0.15, -0.1) is 0 Å². The monoisotopic (exact) mass is 176 g/mol. The number of aliphatic hydroxyl groups excluding tert-OH is 1. The van der Waals surface area contributed by atoms with Crippen LogP contribution in [0.3, 0.4) is 0 Å². The Labute approximate surface area is 79.7 Å². The van der Waals surface area contributed by atoms with Gasteiger partial charge < -0.3 is 5.11 Å². The first-order chi connectivity index (χ1) is 6.08. The molecule has 1 unspecified atom stereocenters. The molecule has 0 saturated heterocycles. The van der Waals surface area contributed by atoms with Crippen LogP contribution in [0.25, 0.3) is 6.08 Å². The molecule has 13 heavy (non-hydrogen) atoms. The predicted molar refractivity (Wildman–Crippen MR) is 56.6 cm³/mol. The number of benzene rings is 1. The Kier molecular flexibility index (Phi) is 3.26. The molecule has 1 N–H and O–H groups in total. The third-order valence-corrected chi connectivity index (χ3v) is 1.81. The van der Waals surface area contributed by atoms with Crippen LogP contribution in [0.4, 0.5) is 0 Å². The molecule has 0 amide bonds. The van der Waals surface area contributed by atoms with Gasteiger partial charge in [-0.2, -0.15) is 0 Å². The van der Waals surface area contributed by atoms with Gasteiger partial charge in [-0.05, 0) is 26.3 Å². The van der Waals surface area contributed by atoms with Crippen molar-refractivity contribution in [2.45, 2.75) is 26.9 Å². The molecule has 0 aliphatic heterocycles. The SMILES string of the molecule is Cc1cc(C)cc(/C=C/C(C)O)c1. The highest BCUT2D eigenvalue weighted by molar-refractivity contribution is 5.52. The average molecular weight is 176 g/mol. The standard InChI is InChI=1S/C12H16O/c1-9-6-10(2)8-12(7-9)5-4-11(3)13/h4-8,11,13H,1-3H3/b5-4+. The van der Waals surface area contributed by atoms with Crippen molar-refractivity contribution in [1.29, 1.82) is 0 Å². The third-order valence-electron chi connectivity index (χ3n) is 1.81. The van der Waals surface area contributed by atoms with E-state index in [4.69, 9.17) is 5.11 Å². The molecule has 1 aromatic rings. The molecule has 0 saturated carbocycles. The molecule has 1 aromatic carbocycles. The Morgan fingerprint density at radius 2 is 1.69 bits per heavy atom. The van der Waals surface area contributed by atoms with Gasteiger partial charge >= 0.3 is 0 Å². The highest BCUT2D eigenvalue weighted by Crippen LogP contribution is 2.10. The van der Waals surface area contributed by atoms with Gasteiger partial charge in [0.25, 0.3) is 0 Å². The lowest BCUT2D eigenvalue weighted by molar-refractivity contribution is 0.245. The second-order valence-electron chi connectivity index (χ2n) is 3.52. The molecular formula is C12H16O. The molecule has 0 fully saturated rings. The highest BCUT2D eigenvalue weighted by atomic mass is 16.3. The molecule has 0 aliphatic rings. The zero-order valence-corrected chi connectivity index (χ0v) is 8.41. The Bertz CT molecular complexity index is 291. The van der Waals surface area contributed by atoms with Crippen LogP contribution in [0.1, 0.15) is 23.6 Å². The maximum atomic E-state index is 9.07. The van der Waals surface area contributed by atoms with Crippen molar-refractivity contribution >= 4 is 6.08 Å². The van der Waals surface area contributed by atoms with Crippen LogP contribution in [0, 0.1) is 13.8 Å². The summed E-state index contributed by atoms with van der Waals surface area (Å²) in [5.74, 6) is 0. The molecule has 0 spiro atoms. The van der Waals surface area contributed by atoms with Gasteiger partial charge in [0, 0.05) is 0 Å². The van der Waals surface area contributed by atoms with Gasteiger partial charge in [0.1, 0.15) is 0 Å². The Morgan fingerprint density at radius 1 is 1.15 bits per heavy atom. The number of aliphatic hydroxyl groups is 1. The van der Waals surface area contributed by atoms with Crippen LogP contribution < -0.4 is 0 Å². The zero-order valence-electron chi connectivity index (χ0n) is 8.41. The molecule has 70 valence electrons. The zero-order chi connectivity index (χ0) is 9.84. The van der Waals surface area contributed by atoms with Crippen molar-refractivity contribution in [1.82, 2.24) is 0 Å². The Morgan fingerprint density at radius 3 is 2.15 bits per heavy atom. The van der Waals surface area contributed by atoms with E-state index in [0.717, 1.165) is 5.56 Å². The molecule has 0 heterocycles. The normalized spacial score (nSPS) is 13.5. The van der Waals surface area contributed by atoms with Crippen LogP contribution >= 0.6 is 0 Å². The van der Waals surface area contributed by atoms with E-state index in [-0.39, 0.29) is 6.10 Å². The topological polar surface area (TPSA) is 20.2 Å². The second kappa shape index (κ2) is 4.24. The van der Waals surface area contributed by atoms with Crippen molar-refractivity contribution in [2.75, 3.05) is 0 Å². The van der Waals surface area contributed by atoms with E-state index in [0.29, 0.717) is 0 Å². The summed E-state index contributed by atoms with van der Waals surface area (Å²) in [6.45, 7) is 5.90. The fourth-order valence-corrected chi connectivity index (χ4v) is 1.36. The van der Waals surface area contributed by atoms with Crippen LogP contribution in [-0.4, -0.2) is 11.2 Å². The molecule has 0 aromatic heterocycles. The van der Waals surface area contributed by atoms with E-state index < -0.39 is 0 Å². The predicted octanol–water partition coefficient (Wildman–Crippen LogP) is 2.70. The molecule has 0 aliphatic carbocycles. The van der Waals surface area contributed by atoms with Gasteiger partial charge in [-0.1, -0.05) is 41.5 Å². The largest absolute Gasteiger partial charge is 0.389 e. The third kappa shape index (κ3) is 3.43. The first kappa shape index (κ1) is 10.0. The van der Waals surface area contributed by atoms with E-state index >= 15 is 0 Å². The lowest BCUT2D eigenvalue weighted by Crippen LogP contribution is -1.91. The van der Waals surface area contributed by atoms with Crippen molar-refractivity contribution in [3.8, 4) is 0 Å². The van der Waals surface area contributed by atoms with Gasteiger partial charge in [0.2, 0.25) is 0 Å². The number of rotatable bonds is 2. The van der Waals surface area contributed by atoms with Gasteiger partial charge in [-0.25, -0.2) is 0 Å². The number of hydrogen-bond acceptors (Lipinski definition) is 1. The molecule has 0 radical (unpaired) electrons. The van der Waals surface area contributed by atoms with E-state index in [1.807, 2.05) is 6.08 Å². The maximum absolute atomic E-state index is 9.07. The minimum Gasteiger partial charge on any atom is -0.389 e. The molecule has 1 atom stereocenters. The van der Waals surface area contributed by atoms with Crippen molar-refractivity contribution < 1.29 is 5.11 Å². The molecule has 0 bridgehead atoms. The number of aryl methyl sites for hydroxylation is 2. The summed E-state index contributed by atoms with van der Waals surface area (Å²) in [6.07, 6.45) is 3.36. The summed E-state index contributed by atoms with van der Waals surface area (Å²) in [5, 5.41) is 9.07. The fourth-order valence-electron chi connectivity index (χ4n) is 1.36. The summed E-state index contributed by atoms with van der Waals surface area (Å²) < 4.78 is 0. The van der Waals surface area contributed by atoms with E-state index in [9.17, 15) is 0 Å². The molecular weight excluding hydrogens is 160 g/mol. The van der Waals surface area contributed by atoms with Crippen LogP contribution in [0.5, 0.6) is 0 Å². The number of hydrogen-bond donors (Lipinski definition) is 1. The quantitative estimate of drug-likeness (QED) is 0.734. The van der Waals surface area contributed by atoms with Gasteiger partial charge in [0.05, 0.1) is 6.10 Å². The second-order valence-corrected chi connectivity index (χ2v) is 3.52. The van der Waals surface area contributed by atoms with Gasteiger partial charge in [-0.3, -0.25) is 0 Å². The fraction of sp³-hybridized carbons (Fsp3) is 0.333. The van der Waals surface area contributed by atoms with Crippen LogP contribution in [0.15, 0.2) is 24.3 Å². The first-order valence-electron chi connectivity index (χ1n) is 4.52. The highest BCUT2D eigenvalue weighted by Gasteiger charge is 1.92.